The number of aromatic nitrogens is 3. The van der Waals surface area contributed by atoms with Crippen molar-refractivity contribution in [2.45, 2.75) is 45.0 Å². The lowest BCUT2D eigenvalue weighted by Crippen LogP contribution is -2.30. The van der Waals surface area contributed by atoms with Gasteiger partial charge in [0.15, 0.2) is 0 Å². The Bertz CT molecular complexity index is 1290. The van der Waals surface area contributed by atoms with Crippen LogP contribution in [0.5, 0.6) is 5.75 Å². The van der Waals surface area contributed by atoms with E-state index in [0.717, 1.165) is 27.8 Å². The van der Waals surface area contributed by atoms with Gasteiger partial charge in [-0.1, -0.05) is 77.1 Å². The Morgan fingerprint density at radius 1 is 1.25 bits per heavy atom. The molecule has 9 heteroatoms. The van der Waals surface area contributed by atoms with Crippen LogP contribution in [0, 0.1) is 6.92 Å². The molecule has 7 nitrogen and oxygen atoms in total. The van der Waals surface area contributed by atoms with Gasteiger partial charge in [-0.05, 0) is 44.0 Å². The molecule has 1 aliphatic heterocycles. The van der Waals surface area contributed by atoms with Crippen LogP contribution in [-0.2, 0) is 16.1 Å². The zero-order chi connectivity index (χ0) is 25.7. The molecule has 1 atom stereocenters. The topological polar surface area (TPSA) is 78.3 Å². The number of nitrogens with zero attached hydrogens (tertiary/aromatic N) is 3. The fourth-order valence-electron chi connectivity index (χ4n) is 3.86. The van der Waals surface area contributed by atoms with E-state index in [0.29, 0.717) is 34.7 Å². The Balaban J connectivity index is 1.78. The van der Waals surface area contributed by atoms with Crippen LogP contribution in [0.25, 0.3) is 0 Å². The van der Waals surface area contributed by atoms with Crippen molar-refractivity contribution in [2.75, 3.05) is 17.7 Å². The summed E-state index contributed by atoms with van der Waals surface area (Å²) in [6.45, 7) is 10.2. The first-order chi connectivity index (χ1) is 17.4. The minimum Gasteiger partial charge on any atom is -0.489 e. The first-order valence-corrected chi connectivity index (χ1v) is 13.5. The van der Waals surface area contributed by atoms with Crippen LogP contribution < -0.4 is 10.1 Å². The van der Waals surface area contributed by atoms with E-state index in [9.17, 15) is 4.79 Å². The van der Waals surface area contributed by atoms with Gasteiger partial charge < -0.3 is 14.8 Å². The fraction of sp³-hybridized carbons (Fsp3) is 0.296. The number of benzene rings is 2. The van der Waals surface area contributed by atoms with Crippen molar-refractivity contribution >= 4 is 39.6 Å². The Morgan fingerprint density at radius 3 is 2.75 bits per heavy atom. The molecular formula is C27H29BrN4O3S. The summed E-state index contributed by atoms with van der Waals surface area (Å²) in [5, 5.41) is 8.65. The largest absolute Gasteiger partial charge is 0.489 e. The molecule has 36 heavy (non-hydrogen) atoms. The second kappa shape index (κ2) is 11.8. The average molecular weight is 570 g/mol. The molecule has 0 saturated carbocycles. The summed E-state index contributed by atoms with van der Waals surface area (Å²) in [7, 11) is 0. The molecule has 0 fully saturated rings. The number of hydrogen-bond acceptors (Lipinski definition) is 7. The van der Waals surface area contributed by atoms with Crippen LogP contribution in [0.2, 0.25) is 0 Å². The van der Waals surface area contributed by atoms with Crippen LogP contribution in [0.4, 0.5) is 5.95 Å². The van der Waals surface area contributed by atoms with Crippen molar-refractivity contribution in [3.05, 3.63) is 87.6 Å². The highest BCUT2D eigenvalue weighted by molar-refractivity contribution is 9.10. The number of rotatable bonds is 10. The molecular weight excluding hydrogens is 540 g/mol. The molecule has 0 spiro atoms. The van der Waals surface area contributed by atoms with E-state index in [2.05, 4.69) is 58.8 Å². The molecule has 0 saturated heterocycles. The summed E-state index contributed by atoms with van der Waals surface area (Å²) in [5.41, 5.74) is 4.12. The van der Waals surface area contributed by atoms with Gasteiger partial charge in [0.2, 0.25) is 11.1 Å². The number of anilines is 1. The van der Waals surface area contributed by atoms with E-state index in [1.54, 1.807) is 22.5 Å². The van der Waals surface area contributed by atoms with Crippen molar-refractivity contribution < 1.29 is 14.3 Å². The first-order valence-electron chi connectivity index (χ1n) is 11.7. The maximum atomic E-state index is 13.3. The first kappa shape index (κ1) is 26.0. The molecule has 2 heterocycles. The average Bonchev–Trinajstić information content (AvgIpc) is 3.27. The number of allylic oxidation sites excluding steroid dienone is 1. The molecule has 188 valence electrons. The van der Waals surface area contributed by atoms with Crippen molar-refractivity contribution in [3.63, 3.8) is 0 Å². The molecule has 0 aliphatic carbocycles. The minimum atomic E-state index is -0.590. The van der Waals surface area contributed by atoms with Gasteiger partial charge in [-0.3, -0.25) is 0 Å². The third-order valence-corrected chi connectivity index (χ3v) is 7.14. The maximum Gasteiger partial charge on any atom is 0.338 e. The van der Waals surface area contributed by atoms with Gasteiger partial charge in [-0.2, -0.15) is 4.98 Å². The van der Waals surface area contributed by atoms with E-state index in [1.165, 1.54) is 5.56 Å². The third kappa shape index (κ3) is 5.84. The third-order valence-electron chi connectivity index (χ3n) is 5.60. The van der Waals surface area contributed by atoms with Gasteiger partial charge in [0.05, 0.1) is 5.57 Å². The summed E-state index contributed by atoms with van der Waals surface area (Å²) >= 11 is 5.17. The fourth-order valence-corrected chi connectivity index (χ4v) is 4.92. The lowest BCUT2D eigenvalue weighted by atomic mass is 9.95. The van der Waals surface area contributed by atoms with Crippen molar-refractivity contribution in [3.8, 4) is 5.75 Å². The smallest absolute Gasteiger partial charge is 0.338 e. The van der Waals surface area contributed by atoms with E-state index < -0.39 is 12.0 Å². The molecule has 1 N–H and O–H groups in total. The van der Waals surface area contributed by atoms with E-state index in [-0.39, 0.29) is 6.61 Å². The van der Waals surface area contributed by atoms with Crippen molar-refractivity contribution in [1.29, 1.82) is 0 Å². The summed E-state index contributed by atoms with van der Waals surface area (Å²) in [5.74, 6) is 1.67. The Morgan fingerprint density at radius 2 is 2.03 bits per heavy atom. The number of thioether (sulfide) groups is 1. The molecule has 1 unspecified atom stereocenters. The number of esters is 1. The van der Waals surface area contributed by atoms with Crippen molar-refractivity contribution in [2.24, 2.45) is 0 Å². The van der Waals surface area contributed by atoms with Crippen LogP contribution in [0.3, 0.4) is 0 Å². The van der Waals surface area contributed by atoms with E-state index >= 15 is 0 Å². The van der Waals surface area contributed by atoms with Gasteiger partial charge in [0.1, 0.15) is 25.0 Å². The van der Waals surface area contributed by atoms with Crippen LogP contribution >= 0.6 is 27.7 Å². The number of ether oxygens (including phenoxy) is 2. The summed E-state index contributed by atoms with van der Waals surface area (Å²) < 4.78 is 14.4. The number of halogens is 1. The predicted octanol–water partition coefficient (Wildman–Crippen LogP) is 6.45. The van der Waals surface area contributed by atoms with Gasteiger partial charge in [0, 0.05) is 21.5 Å². The molecule has 1 aliphatic rings. The SMILES string of the molecule is C=CCOC(=O)C1=C(C)Nc2nc(SCCC)nn2C1c1cc(Br)ccc1OCc1ccc(C)cc1. The zero-order valence-electron chi connectivity index (χ0n) is 20.6. The Kier molecular flexibility index (Phi) is 8.53. The highest BCUT2D eigenvalue weighted by Crippen LogP contribution is 2.41. The van der Waals surface area contributed by atoms with Gasteiger partial charge in [-0.25, -0.2) is 9.48 Å². The number of nitrogens with one attached hydrogen (secondary N) is 1. The molecule has 1 aromatic heterocycles. The van der Waals surface area contributed by atoms with Crippen LogP contribution in [0.1, 0.15) is 43.0 Å². The second-order valence-electron chi connectivity index (χ2n) is 8.42. The van der Waals surface area contributed by atoms with Gasteiger partial charge >= 0.3 is 5.97 Å². The zero-order valence-corrected chi connectivity index (χ0v) is 23.0. The van der Waals surface area contributed by atoms with E-state index in [1.807, 2.05) is 37.3 Å². The monoisotopic (exact) mass is 568 g/mol. The number of aryl methyl sites for hydroxylation is 1. The molecule has 2 aromatic carbocycles. The lowest BCUT2D eigenvalue weighted by molar-refractivity contribution is -0.138. The quantitative estimate of drug-likeness (QED) is 0.171. The molecule has 0 bridgehead atoms. The molecule has 4 rings (SSSR count). The standard InChI is InChI=1S/C27H29BrN4O3S/c1-5-13-34-25(33)23-18(4)29-26-30-27(36-14-6-2)31-32(26)24(23)21-15-20(28)11-12-22(21)35-16-19-9-7-17(3)8-10-19/h5,7-12,15,24H,1,6,13-14,16H2,2-4H3,(H,29,30,31). The number of hydrogen-bond donors (Lipinski definition) is 1. The molecule has 0 radical (unpaired) electrons. The molecule has 3 aromatic rings. The van der Waals surface area contributed by atoms with Crippen molar-refractivity contribution in [1.82, 2.24) is 14.8 Å². The Labute approximate surface area is 224 Å². The number of carbonyl (C=O) groups is 1. The summed E-state index contributed by atoms with van der Waals surface area (Å²) in [6, 6.07) is 13.4. The lowest BCUT2D eigenvalue weighted by Gasteiger charge is -2.29. The predicted molar refractivity (Wildman–Crippen MR) is 146 cm³/mol. The van der Waals surface area contributed by atoms with Crippen LogP contribution in [-0.4, -0.2) is 33.1 Å². The van der Waals surface area contributed by atoms with E-state index in [4.69, 9.17) is 14.6 Å². The number of fused-ring (bicyclic) bond motifs is 1. The number of carbonyl (C=O) groups excluding carboxylic acids is 1. The Hall–Kier alpha value is -3.04. The van der Waals surface area contributed by atoms with Gasteiger partial charge in [-0.15, -0.1) is 5.10 Å². The van der Waals surface area contributed by atoms with Crippen LogP contribution in [0.15, 0.2) is 76.0 Å². The summed E-state index contributed by atoms with van der Waals surface area (Å²) in [6.07, 6.45) is 2.55. The highest BCUT2D eigenvalue weighted by Gasteiger charge is 2.37. The molecule has 0 amide bonds. The minimum absolute atomic E-state index is 0.111. The van der Waals surface area contributed by atoms with Gasteiger partial charge in [0.25, 0.3) is 0 Å². The highest BCUT2D eigenvalue weighted by atomic mass is 79.9. The maximum absolute atomic E-state index is 13.3. The second-order valence-corrected chi connectivity index (χ2v) is 10.4. The summed E-state index contributed by atoms with van der Waals surface area (Å²) in [4.78, 5) is 17.9. The normalized spacial score (nSPS) is 14.7.